The molecule has 0 N–H and O–H groups in total. The summed E-state index contributed by atoms with van der Waals surface area (Å²) in [6, 6.07) is 21.5. The van der Waals surface area contributed by atoms with E-state index in [1.165, 1.54) is 46.6 Å². The van der Waals surface area contributed by atoms with E-state index in [-0.39, 0.29) is 17.2 Å². The zero-order chi connectivity index (χ0) is 25.4. The lowest BCUT2D eigenvalue weighted by Crippen LogP contribution is -2.27. The van der Waals surface area contributed by atoms with Crippen molar-refractivity contribution in [2.75, 3.05) is 0 Å². The van der Waals surface area contributed by atoms with Crippen LogP contribution >= 0.6 is 22.7 Å². The molecule has 0 aliphatic heterocycles. The van der Waals surface area contributed by atoms with Crippen LogP contribution in [0.4, 0.5) is 0 Å². The van der Waals surface area contributed by atoms with Crippen LogP contribution < -0.4 is 11.1 Å². The van der Waals surface area contributed by atoms with E-state index in [1.807, 2.05) is 13.8 Å². The van der Waals surface area contributed by atoms with Gasteiger partial charge in [0.1, 0.15) is 0 Å². The maximum atomic E-state index is 14.0. The molecule has 0 aliphatic rings. The van der Waals surface area contributed by atoms with Crippen LogP contribution in [0.25, 0.3) is 85.5 Å². The zero-order valence-corrected chi connectivity index (χ0v) is 22.2. The number of benzene rings is 5. The monoisotopic (exact) mass is 525 g/mol. The number of hydrogen-bond acceptors (Lipinski definition) is 4. The van der Waals surface area contributed by atoms with Gasteiger partial charge < -0.3 is 0 Å². The smallest absolute Gasteiger partial charge is 0.262 e. The molecule has 0 saturated carbocycles. The predicted octanol–water partition coefficient (Wildman–Crippen LogP) is 8.92. The standard InChI is InChI=1S/C33H19NO2S2/c1-15(2)34-32(35)30-21-13-19(23-5-3-11-37-23)17-9-7-16-8-10-18-20(24-6-4-12-38-24)14-22(31(30)33(34)36)29-27(18)25(16)26(17)28(21)29/h3-15H,1-2H3. The van der Waals surface area contributed by atoms with Crippen molar-refractivity contribution in [1.29, 1.82) is 0 Å². The molecular formula is C33H19NO2S2. The second kappa shape index (κ2) is 6.87. The molecule has 180 valence electrons. The van der Waals surface area contributed by atoms with E-state index >= 15 is 0 Å². The van der Waals surface area contributed by atoms with Gasteiger partial charge >= 0.3 is 0 Å². The summed E-state index contributed by atoms with van der Waals surface area (Å²) in [4.78, 5) is 30.4. The Kier molecular flexibility index (Phi) is 3.78. The maximum Gasteiger partial charge on any atom is 0.262 e. The molecule has 0 saturated heterocycles. The molecule has 0 unspecified atom stereocenters. The van der Waals surface area contributed by atoms with Crippen molar-refractivity contribution in [1.82, 2.24) is 4.57 Å². The highest BCUT2D eigenvalue weighted by atomic mass is 32.1. The van der Waals surface area contributed by atoms with E-state index in [0.29, 0.717) is 10.8 Å². The van der Waals surface area contributed by atoms with Gasteiger partial charge in [-0.1, -0.05) is 36.4 Å². The second-order valence-corrected chi connectivity index (χ2v) is 12.4. The normalized spacial score (nSPS) is 12.9. The zero-order valence-electron chi connectivity index (χ0n) is 20.6. The maximum absolute atomic E-state index is 14.0. The lowest BCUT2D eigenvalue weighted by atomic mass is 9.91. The van der Waals surface area contributed by atoms with Crippen molar-refractivity contribution in [2.45, 2.75) is 19.9 Å². The average Bonchev–Trinajstić information content (AvgIpc) is 3.71. The summed E-state index contributed by atoms with van der Waals surface area (Å²) in [7, 11) is 0. The van der Waals surface area contributed by atoms with Crippen molar-refractivity contribution in [3.05, 3.63) is 92.1 Å². The Morgan fingerprint density at radius 3 is 1.47 bits per heavy atom. The Balaban J connectivity index is 1.70. The fraction of sp³-hybridized carbons (Fsp3) is 0.0909. The van der Waals surface area contributed by atoms with Gasteiger partial charge in [0, 0.05) is 26.9 Å². The highest BCUT2D eigenvalue weighted by Gasteiger charge is 2.29. The van der Waals surface area contributed by atoms with Gasteiger partial charge in [-0.2, -0.15) is 0 Å². The molecule has 0 radical (unpaired) electrons. The van der Waals surface area contributed by atoms with Gasteiger partial charge in [0.05, 0.1) is 10.8 Å². The first-order valence-corrected chi connectivity index (χ1v) is 14.5. The van der Waals surface area contributed by atoms with Crippen LogP contribution in [-0.2, 0) is 0 Å². The molecule has 3 nitrogen and oxygen atoms in total. The Morgan fingerprint density at radius 2 is 1.05 bits per heavy atom. The van der Waals surface area contributed by atoms with Crippen molar-refractivity contribution in [3.63, 3.8) is 0 Å². The Hall–Kier alpha value is -4.06. The molecule has 38 heavy (non-hydrogen) atoms. The van der Waals surface area contributed by atoms with Gasteiger partial charge in [-0.05, 0) is 103 Å². The topological polar surface area (TPSA) is 39.1 Å². The fourth-order valence-electron chi connectivity index (χ4n) is 6.94. The van der Waals surface area contributed by atoms with E-state index in [4.69, 9.17) is 0 Å². The third-order valence-corrected chi connectivity index (χ3v) is 10.2. The van der Waals surface area contributed by atoms with Crippen molar-refractivity contribution in [3.8, 4) is 20.9 Å². The SMILES string of the molecule is CC(C)n1c(=O)c2c3cc(-c4cccs4)c4ccc5ccc6c(-c7cccs7)cc(c2c1=O)c1c6c5c4c31. The molecule has 3 aromatic heterocycles. The van der Waals surface area contributed by atoms with Gasteiger partial charge in [0.2, 0.25) is 0 Å². The molecule has 0 atom stereocenters. The molecule has 6 aromatic carbocycles. The Morgan fingerprint density at radius 1 is 0.579 bits per heavy atom. The first kappa shape index (κ1) is 20.9. The van der Waals surface area contributed by atoms with Crippen molar-refractivity contribution >= 4 is 87.3 Å². The number of nitrogens with zero attached hydrogens (tertiary/aromatic N) is 1. The third kappa shape index (κ3) is 2.27. The number of rotatable bonds is 3. The molecule has 3 heterocycles. The lowest BCUT2D eigenvalue weighted by Gasteiger charge is -2.11. The second-order valence-electron chi connectivity index (χ2n) is 10.5. The third-order valence-electron chi connectivity index (χ3n) is 8.38. The minimum atomic E-state index is -0.216. The molecule has 0 spiro atoms. The van der Waals surface area contributed by atoms with E-state index < -0.39 is 0 Å². The van der Waals surface area contributed by atoms with Crippen LogP contribution in [0.1, 0.15) is 19.9 Å². The number of hydrogen-bond donors (Lipinski definition) is 0. The summed E-state index contributed by atoms with van der Waals surface area (Å²) in [5, 5.41) is 16.6. The van der Waals surface area contributed by atoms with E-state index in [2.05, 4.69) is 71.4 Å². The van der Waals surface area contributed by atoms with E-state index in [9.17, 15) is 9.59 Å². The quantitative estimate of drug-likeness (QED) is 0.216. The predicted molar refractivity (Wildman–Crippen MR) is 164 cm³/mol. The van der Waals surface area contributed by atoms with Gasteiger partial charge in [-0.15, -0.1) is 22.7 Å². The number of thiophene rings is 2. The molecular weight excluding hydrogens is 507 g/mol. The first-order chi connectivity index (χ1) is 18.5. The minimum Gasteiger partial charge on any atom is -0.272 e. The molecule has 5 heteroatoms. The van der Waals surface area contributed by atoms with Gasteiger partial charge in [0.25, 0.3) is 11.1 Å². The molecule has 9 aromatic rings. The molecule has 0 bridgehead atoms. The number of aromatic nitrogens is 1. The summed E-state index contributed by atoms with van der Waals surface area (Å²) in [6.07, 6.45) is 0. The Bertz CT molecular complexity index is 2280. The van der Waals surface area contributed by atoms with Crippen LogP contribution in [0, 0.1) is 0 Å². The fourth-order valence-corrected chi connectivity index (χ4v) is 8.46. The summed E-state index contributed by atoms with van der Waals surface area (Å²) in [6.45, 7) is 3.83. The van der Waals surface area contributed by atoms with Crippen LogP contribution in [0.2, 0.25) is 0 Å². The van der Waals surface area contributed by atoms with E-state index in [1.54, 1.807) is 22.7 Å². The number of fused-ring (bicyclic) bond motifs is 3. The minimum absolute atomic E-state index is 0.181. The van der Waals surface area contributed by atoms with Crippen LogP contribution in [0.5, 0.6) is 0 Å². The highest BCUT2D eigenvalue weighted by Crippen LogP contribution is 2.54. The summed E-state index contributed by atoms with van der Waals surface area (Å²) < 4.78 is 1.45. The molecule has 0 aliphatic carbocycles. The van der Waals surface area contributed by atoms with E-state index in [0.717, 1.165) is 32.7 Å². The van der Waals surface area contributed by atoms with Gasteiger partial charge in [-0.25, -0.2) is 0 Å². The average molecular weight is 526 g/mol. The van der Waals surface area contributed by atoms with Crippen LogP contribution in [-0.4, -0.2) is 4.57 Å². The molecule has 0 fully saturated rings. The van der Waals surface area contributed by atoms with Crippen molar-refractivity contribution in [2.24, 2.45) is 0 Å². The largest absolute Gasteiger partial charge is 0.272 e. The van der Waals surface area contributed by atoms with Crippen LogP contribution in [0.3, 0.4) is 0 Å². The van der Waals surface area contributed by atoms with Gasteiger partial charge in [0.15, 0.2) is 0 Å². The summed E-state index contributed by atoms with van der Waals surface area (Å²) >= 11 is 3.41. The summed E-state index contributed by atoms with van der Waals surface area (Å²) in [5.74, 6) is 0. The lowest BCUT2D eigenvalue weighted by molar-refractivity contribution is 0.574. The highest BCUT2D eigenvalue weighted by molar-refractivity contribution is 7.14. The molecule has 9 rings (SSSR count). The summed E-state index contributed by atoms with van der Waals surface area (Å²) in [5.41, 5.74) is 1.88. The Labute approximate surface area is 224 Å². The first-order valence-electron chi connectivity index (χ1n) is 12.8. The van der Waals surface area contributed by atoms with Gasteiger partial charge in [-0.3, -0.25) is 14.2 Å². The molecule has 0 amide bonds. The van der Waals surface area contributed by atoms with Crippen molar-refractivity contribution < 1.29 is 0 Å². The van der Waals surface area contributed by atoms with Crippen LogP contribution in [0.15, 0.2) is 81.0 Å².